The zero-order chi connectivity index (χ0) is 19.2. The first-order chi connectivity index (χ1) is 13.0. The Kier molecular flexibility index (Phi) is 6.84. The largest absolute Gasteiger partial charge is 0.342 e. The number of hydrogen-bond donors (Lipinski definition) is 1. The SMILES string of the molecule is CC(NC(=O)c1cccs1)C(=O)N1CCN(CC(=O)N2CCCCC2)CC1. The molecule has 0 bridgehead atoms. The predicted molar refractivity (Wildman–Crippen MR) is 105 cm³/mol. The summed E-state index contributed by atoms with van der Waals surface area (Å²) in [6.45, 7) is 6.47. The summed E-state index contributed by atoms with van der Waals surface area (Å²) in [5, 5.41) is 4.61. The van der Waals surface area contributed by atoms with Crippen molar-refractivity contribution in [3.63, 3.8) is 0 Å². The number of nitrogens with zero attached hydrogens (tertiary/aromatic N) is 3. The summed E-state index contributed by atoms with van der Waals surface area (Å²) in [6.07, 6.45) is 3.41. The number of thiophene rings is 1. The first kappa shape index (κ1) is 19.8. The second-order valence-corrected chi connectivity index (χ2v) is 8.16. The second kappa shape index (κ2) is 9.32. The lowest BCUT2D eigenvalue weighted by Gasteiger charge is -2.37. The van der Waals surface area contributed by atoms with Crippen molar-refractivity contribution in [1.82, 2.24) is 20.0 Å². The third-order valence-corrected chi connectivity index (χ3v) is 6.08. The third kappa shape index (κ3) is 5.29. The lowest BCUT2D eigenvalue weighted by atomic mass is 10.1. The van der Waals surface area contributed by atoms with Crippen LogP contribution in [0, 0.1) is 0 Å². The Hall–Kier alpha value is -1.93. The van der Waals surface area contributed by atoms with Crippen LogP contribution < -0.4 is 5.32 Å². The summed E-state index contributed by atoms with van der Waals surface area (Å²) in [7, 11) is 0. The van der Waals surface area contributed by atoms with Gasteiger partial charge in [0.15, 0.2) is 0 Å². The van der Waals surface area contributed by atoms with Crippen LogP contribution in [-0.4, -0.2) is 84.3 Å². The molecule has 1 N–H and O–H groups in total. The normalized spacial score (nSPS) is 19.6. The zero-order valence-electron chi connectivity index (χ0n) is 15.9. The minimum Gasteiger partial charge on any atom is -0.342 e. The van der Waals surface area contributed by atoms with Crippen LogP contribution in [0.1, 0.15) is 35.9 Å². The van der Waals surface area contributed by atoms with Gasteiger partial charge in [-0.05, 0) is 37.6 Å². The third-order valence-electron chi connectivity index (χ3n) is 5.21. The predicted octanol–water partition coefficient (Wildman–Crippen LogP) is 1.02. The van der Waals surface area contributed by atoms with Crippen LogP contribution in [0.3, 0.4) is 0 Å². The van der Waals surface area contributed by atoms with Crippen molar-refractivity contribution in [3.05, 3.63) is 22.4 Å². The standard InChI is InChI=1S/C19H28N4O3S/c1-15(20-18(25)16-6-5-13-27-16)19(26)23-11-9-21(10-12-23)14-17(24)22-7-3-2-4-8-22/h5-6,13,15H,2-4,7-12,14H2,1H3,(H,20,25). The van der Waals surface area contributed by atoms with Crippen molar-refractivity contribution >= 4 is 29.1 Å². The number of likely N-dealkylation sites (tertiary alicyclic amines) is 1. The van der Waals surface area contributed by atoms with Gasteiger partial charge in [-0.25, -0.2) is 0 Å². The number of rotatable bonds is 5. The van der Waals surface area contributed by atoms with Gasteiger partial charge in [-0.3, -0.25) is 19.3 Å². The van der Waals surface area contributed by atoms with E-state index in [0.29, 0.717) is 37.6 Å². The van der Waals surface area contributed by atoms with E-state index in [-0.39, 0.29) is 17.7 Å². The van der Waals surface area contributed by atoms with Crippen molar-refractivity contribution in [2.75, 3.05) is 45.8 Å². The minimum absolute atomic E-state index is 0.0677. The van der Waals surface area contributed by atoms with Crippen molar-refractivity contribution in [1.29, 1.82) is 0 Å². The van der Waals surface area contributed by atoms with Crippen LogP contribution in [0.15, 0.2) is 17.5 Å². The molecule has 2 aliphatic rings. The summed E-state index contributed by atoms with van der Waals surface area (Å²) in [5.41, 5.74) is 0. The van der Waals surface area contributed by atoms with E-state index < -0.39 is 6.04 Å². The molecule has 3 rings (SSSR count). The Labute approximate surface area is 164 Å². The number of carbonyl (C=O) groups is 3. The van der Waals surface area contributed by atoms with Crippen LogP contribution in [0.5, 0.6) is 0 Å². The highest BCUT2D eigenvalue weighted by Gasteiger charge is 2.28. The van der Waals surface area contributed by atoms with E-state index in [4.69, 9.17) is 0 Å². The molecular weight excluding hydrogens is 364 g/mol. The highest BCUT2D eigenvalue weighted by atomic mass is 32.1. The molecule has 1 aromatic heterocycles. The van der Waals surface area contributed by atoms with Gasteiger partial charge in [0.25, 0.3) is 5.91 Å². The van der Waals surface area contributed by atoms with Gasteiger partial charge in [0.1, 0.15) is 6.04 Å². The maximum atomic E-state index is 12.6. The molecule has 1 unspecified atom stereocenters. The zero-order valence-corrected chi connectivity index (χ0v) is 16.7. The molecular formula is C19H28N4O3S. The van der Waals surface area contributed by atoms with E-state index in [1.807, 2.05) is 16.3 Å². The maximum Gasteiger partial charge on any atom is 0.261 e. The molecule has 7 nitrogen and oxygen atoms in total. The fourth-order valence-electron chi connectivity index (χ4n) is 3.57. The van der Waals surface area contributed by atoms with Gasteiger partial charge < -0.3 is 15.1 Å². The molecule has 0 aliphatic carbocycles. The van der Waals surface area contributed by atoms with Gasteiger partial charge in [-0.15, -0.1) is 11.3 Å². The van der Waals surface area contributed by atoms with E-state index in [0.717, 1.165) is 25.9 Å². The molecule has 2 aliphatic heterocycles. The molecule has 148 valence electrons. The molecule has 0 aromatic carbocycles. The summed E-state index contributed by atoms with van der Waals surface area (Å²) in [5.74, 6) is -0.0791. The van der Waals surface area contributed by atoms with Crippen LogP contribution >= 0.6 is 11.3 Å². The molecule has 0 radical (unpaired) electrons. The number of amides is 3. The summed E-state index contributed by atoms with van der Waals surface area (Å²) < 4.78 is 0. The fraction of sp³-hybridized carbons (Fsp3) is 0.632. The van der Waals surface area contributed by atoms with E-state index in [1.54, 1.807) is 17.9 Å². The summed E-state index contributed by atoms with van der Waals surface area (Å²) in [4.78, 5) is 43.6. The van der Waals surface area contributed by atoms with Gasteiger partial charge in [-0.2, -0.15) is 0 Å². The van der Waals surface area contributed by atoms with Crippen molar-refractivity contribution in [3.8, 4) is 0 Å². The van der Waals surface area contributed by atoms with Crippen LogP contribution in [0.2, 0.25) is 0 Å². The van der Waals surface area contributed by atoms with E-state index in [1.165, 1.54) is 17.8 Å². The average molecular weight is 393 g/mol. The first-order valence-electron chi connectivity index (χ1n) is 9.68. The van der Waals surface area contributed by atoms with Gasteiger partial charge in [0, 0.05) is 39.3 Å². The molecule has 1 aromatic rings. The van der Waals surface area contributed by atoms with Crippen LogP contribution in [0.25, 0.3) is 0 Å². The Morgan fingerprint density at radius 2 is 1.74 bits per heavy atom. The highest BCUT2D eigenvalue weighted by molar-refractivity contribution is 7.12. The molecule has 0 saturated carbocycles. The van der Waals surface area contributed by atoms with Gasteiger partial charge in [-0.1, -0.05) is 6.07 Å². The topological polar surface area (TPSA) is 73.0 Å². The number of piperidine rings is 1. The Bertz CT molecular complexity index is 650. The monoisotopic (exact) mass is 392 g/mol. The molecule has 1 atom stereocenters. The van der Waals surface area contributed by atoms with Crippen molar-refractivity contribution in [2.45, 2.75) is 32.2 Å². The van der Waals surface area contributed by atoms with Gasteiger partial charge in [0.2, 0.25) is 11.8 Å². The van der Waals surface area contributed by atoms with Crippen LogP contribution in [-0.2, 0) is 9.59 Å². The lowest BCUT2D eigenvalue weighted by Crippen LogP contribution is -2.55. The lowest BCUT2D eigenvalue weighted by molar-refractivity contribution is -0.136. The Morgan fingerprint density at radius 3 is 2.37 bits per heavy atom. The van der Waals surface area contributed by atoms with E-state index >= 15 is 0 Å². The molecule has 0 spiro atoms. The quantitative estimate of drug-likeness (QED) is 0.812. The molecule has 3 amide bonds. The van der Waals surface area contributed by atoms with Crippen molar-refractivity contribution in [2.24, 2.45) is 0 Å². The van der Waals surface area contributed by atoms with Gasteiger partial charge in [0.05, 0.1) is 11.4 Å². The smallest absolute Gasteiger partial charge is 0.261 e. The van der Waals surface area contributed by atoms with E-state index in [9.17, 15) is 14.4 Å². The summed E-state index contributed by atoms with van der Waals surface area (Å²) in [6, 6.07) is 3.01. The number of carbonyl (C=O) groups excluding carboxylic acids is 3. The Morgan fingerprint density at radius 1 is 1.04 bits per heavy atom. The van der Waals surface area contributed by atoms with Gasteiger partial charge >= 0.3 is 0 Å². The molecule has 3 heterocycles. The average Bonchev–Trinajstić information content (AvgIpc) is 3.23. The van der Waals surface area contributed by atoms with Crippen LogP contribution in [0.4, 0.5) is 0 Å². The molecule has 2 saturated heterocycles. The highest BCUT2D eigenvalue weighted by Crippen LogP contribution is 2.11. The van der Waals surface area contributed by atoms with Crippen molar-refractivity contribution < 1.29 is 14.4 Å². The number of hydrogen-bond acceptors (Lipinski definition) is 5. The fourth-order valence-corrected chi connectivity index (χ4v) is 4.20. The first-order valence-corrected chi connectivity index (χ1v) is 10.6. The second-order valence-electron chi connectivity index (χ2n) is 7.22. The Balaban J connectivity index is 1.42. The molecule has 27 heavy (non-hydrogen) atoms. The number of piperazine rings is 1. The van der Waals surface area contributed by atoms with E-state index in [2.05, 4.69) is 10.2 Å². The summed E-state index contributed by atoms with van der Waals surface area (Å²) >= 11 is 1.36. The minimum atomic E-state index is -0.555. The molecule has 2 fully saturated rings. The maximum absolute atomic E-state index is 12.6. The number of nitrogens with one attached hydrogen (secondary N) is 1. The molecule has 8 heteroatoms.